The summed E-state index contributed by atoms with van der Waals surface area (Å²) in [6.07, 6.45) is 3.73. The number of aromatic nitrogens is 1. The van der Waals surface area contributed by atoms with Crippen molar-refractivity contribution in [2.75, 3.05) is 18.0 Å². The van der Waals surface area contributed by atoms with Crippen molar-refractivity contribution >= 4 is 18.2 Å². The fraction of sp³-hybridized carbons (Fsp3) is 0.458. The standard InChI is InChI=1S/C24H29F2N3O3/c1-16(2)14-21(29(15-30)20-6-4-19(25)5-7-20)18-9-12-28(13-10-18)24(31)32-22-8-11-27-23(26)17(22)3/h4-8,11,15-16,18,21H,9-10,12-14H2,1-3H3. The maximum absolute atomic E-state index is 13.6. The highest BCUT2D eigenvalue weighted by Crippen LogP contribution is 2.31. The Kier molecular flexibility index (Phi) is 7.77. The van der Waals surface area contributed by atoms with Gasteiger partial charge in [-0.2, -0.15) is 4.39 Å². The van der Waals surface area contributed by atoms with Gasteiger partial charge in [0, 0.05) is 36.6 Å². The molecule has 0 aliphatic carbocycles. The van der Waals surface area contributed by atoms with Crippen molar-refractivity contribution in [2.24, 2.45) is 11.8 Å². The van der Waals surface area contributed by atoms with Gasteiger partial charge in [0.25, 0.3) is 0 Å². The van der Waals surface area contributed by atoms with E-state index in [1.54, 1.807) is 21.9 Å². The molecule has 3 rings (SSSR count). The molecule has 2 aromatic rings. The summed E-state index contributed by atoms with van der Waals surface area (Å²) >= 11 is 0. The van der Waals surface area contributed by atoms with Crippen LogP contribution in [-0.4, -0.2) is 41.5 Å². The van der Waals surface area contributed by atoms with E-state index in [1.807, 2.05) is 0 Å². The second-order valence-corrected chi connectivity index (χ2v) is 8.60. The summed E-state index contributed by atoms with van der Waals surface area (Å²) in [4.78, 5) is 31.4. The van der Waals surface area contributed by atoms with E-state index < -0.39 is 12.0 Å². The van der Waals surface area contributed by atoms with Crippen LogP contribution in [0.5, 0.6) is 5.75 Å². The first-order valence-corrected chi connectivity index (χ1v) is 10.9. The van der Waals surface area contributed by atoms with Gasteiger partial charge in [0.1, 0.15) is 11.6 Å². The Morgan fingerprint density at radius 3 is 2.47 bits per heavy atom. The maximum Gasteiger partial charge on any atom is 0.415 e. The molecule has 1 aliphatic heterocycles. The number of nitrogens with zero attached hydrogens (tertiary/aromatic N) is 3. The lowest BCUT2D eigenvalue weighted by molar-refractivity contribution is -0.108. The number of carbonyl (C=O) groups is 2. The van der Waals surface area contributed by atoms with Crippen LogP contribution in [0.15, 0.2) is 36.5 Å². The topological polar surface area (TPSA) is 62.7 Å². The van der Waals surface area contributed by atoms with Crippen LogP contribution in [0.25, 0.3) is 0 Å². The first-order valence-electron chi connectivity index (χ1n) is 10.9. The minimum atomic E-state index is -0.666. The molecule has 6 nitrogen and oxygen atoms in total. The summed E-state index contributed by atoms with van der Waals surface area (Å²) < 4.78 is 32.4. The first kappa shape index (κ1) is 23.6. The fourth-order valence-electron chi connectivity index (χ4n) is 4.19. The van der Waals surface area contributed by atoms with Gasteiger partial charge in [-0.1, -0.05) is 13.8 Å². The Morgan fingerprint density at radius 1 is 1.22 bits per heavy atom. The highest BCUT2D eigenvalue weighted by Gasteiger charge is 2.33. The average Bonchev–Trinajstić information content (AvgIpc) is 2.78. The highest BCUT2D eigenvalue weighted by molar-refractivity contribution is 5.76. The van der Waals surface area contributed by atoms with Crippen molar-refractivity contribution in [1.82, 2.24) is 9.88 Å². The Labute approximate surface area is 187 Å². The van der Waals surface area contributed by atoms with Crippen molar-refractivity contribution in [3.05, 3.63) is 53.9 Å². The average molecular weight is 446 g/mol. The molecular weight excluding hydrogens is 416 g/mol. The maximum atomic E-state index is 13.6. The monoisotopic (exact) mass is 445 g/mol. The van der Waals surface area contributed by atoms with Crippen molar-refractivity contribution in [3.63, 3.8) is 0 Å². The van der Waals surface area contributed by atoms with Crippen LogP contribution in [0.2, 0.25) is 0 Å². The molecule has 1 unspecified atom stereocenters. The number of anilines is 1. The number of ether oxygens (including phenoxy) is 1. The largest absolute Gasteiger partial charge is 0.415 e. The Bertz CT molecular complexity index is 929. The van der Waals surface area contributed by atoms with E-state index in [2.05, 4.69) is 18.8 Å². The number of benzene rings is 1. The van der Waals surface area contributed by atoms with Gasteiger partial charge in [-0.15, -0.1) is 0 Å². The van der Waals surface area contributed by atoms with Crippen LogP contribution in [0, 0.1) is 30.5 Å². The molecule has 0 radical (unpaired) electrons. The lowest BCUT2D eigenvalue weighted by atomic mass is 9.84. The number of piperidine rings is 1. The van der Waals surface area contributed by atoms with E-state index in [0.717, 1.165) is 12.8 Å². The summed E-state index contributed by atoms with van der Waals surface area (Å²) in [6, 6.07) is 7.32. The lowest BCUT2D eigenvalue weighted by Crippen LogP contribution is -2.47. The van der Waals surface area contributed by atoms with Crippen molar-refractivity contribution < 1.29 is 23.1 Å². The van der Waals surface area contributed by atoms with Gasteiger partial charge >= 0.3 is 6.09 Å². The molecule has 0 N–H and O–H groups in total. The van der Waals surface area contributed by atoms with E-state index in [-0.39, 0.29) is 29.1 Å². The van der Waals surface area contributed by atoms with Crippen LogP contribution in [0.4, 0.5) is 19.3 Å². The normalized spacial score (nSPS) is 15.5. The van der Waals surface area contributed by atoms with E-state index in [4.69, 9.17) is 4.74 Å². The van der Waals surface area contributed by atoms with Crippen molar-refractivity contribution in [2.45, 2.75) is 46.1 Å². The second kappa shape index (κ2) is 10.5. The quantitative estimate of drug-likeness (QED) is 0.447. The van der Waals surface area contributed by atoms with Crippen LogP contribution >= 0.6 is 0 Å². The number of hydrogen-bond acceptors (Lipinski definition) is 4. The van der Waals surface area contributed by atoms with Gasteiger partial charge in [0.2, 0.25) is 12.4 Å². The van der Waals surface area contributed by atoms with Crippen LogP contribution in [0.1, 0.15) is 38.7 Å². The second-order valence-electron chi connectivity index (χ2n) is 8.60. The number of carbonyl (C=O) groups excluding carboxylic acids is 2. The third kappa shape index (κ3) is 5.60. The Hall–Kier alpha value is -3.03. The zero-order chi connectivity index (χ0) is 23.3. The third-order valence-corrected chi connectivity index (χ3v) is 5.94. The van der Waals surface area contributed by atoms with E-state index in [9.17, 15) is 18.4 Å². The number of hydrogen-bond donors (Lipinski definition) is 0. The zero-order valence-electron chi connectivity index (χ0n) is 18.6. The van der Waals surface area contributed by atoms with Gasteiger partial charge in [-0.3, -0.25) is 4.79 Å². The molecule has 2 amide bonds. The minimum absolute atomic E-state index is 0.0623. The molecule has 1 atom stereocenters. The SMILES string of the molecule is Cc1c(OC(=O)N2CCC(C(CC(C)C)N(C=O)c3ccc(F)cc3)CC2)ccnc1F. The summed E-state index contributed by atoms with van der Waals surface area (Å²) in [5.74, 6) is -0.325. The predicted molar refractivity (Wildman–Crippen MR) is 117 cm³/mol. The first-order chi connectivity index (χ1) is 15.3. The number of pyridine rings is 1. The van der Waals surface area contributed by atoms with Gasteiger partial charge in [-0.05, 0) is 68.4 Å². The molecular formula is C24H29F2N3O3. The zero-order valence-corrected chi connectivity index (χ0v) is 18.6. The van der Waals surface area contributed by atoms with E-state index in [1.165, 1.54) is 31.3 Å². The summed E-state index contributed by atoms with van der Waals surface area (Å²) in [6.45, 7) is 6.66. The van der Waals surface area contributed by atoms with Gasteiger partial charge < -0.3 is 14.5 Å². The predicted octanol–water partition coefficient (Wildman–Crippen LogP) is 4.96. The van der Waals surface area contributed by atoms with Gasteiger partial charge in [-0.25, -0.2) is 14.2 Å². The number of halogens is 2. The molecule has 1 saturated heterocycles. The summed E-state index contributed by atoms with van der Waals surface area (Å²) in [5.41, 5.74) is 0.845. The molecule has 32 heavy (non-hydrogen) atoms. The smallest absolute Gasteiger partial charge is 0.410 e. The van der Waals surface area contributed by atoms with Crippen LogP contribution in [-0.2, 0) is 4.79 Å². The Morgan fingerprint density at radius 2 is 1.88 bits per heavy atom. The molecule has 0 saturated carbocycles. The molecule has 172 valence electrons. The number of amides is 2. The Balaban J connectivity index is 1.68. The van der Waals surface area contributed by atoms with Gasteiger partial charge in [0.15, 0.2) is 0 Å². The minimum Gasteiger partial charge on any atom is -0.410 e. The van der Waals surface area contributed by atoms with E-state index in [0.29, 0.717) is 37.5 Å². The lowest BCUT2D eigenvalue weighted by Gasteiger charge is -2.40. The fourth-order valence-corrected chi connectivity index (χ4v) is 4.19. The molecule has 0 spiro atoms. The number of rotatable bonds is 7. The molecule has 2 heterocycles. The molecule has 0 bridgehead atoms. The summed E-state index contributed by atoms with van der Waals surface area (Å²) in [5, 5.41) is 0. The molecule has 1 aromatic heterocycles. The van der Waals surface area contributed by atoms with E-state index >= 15 is 0 Å². The van der Waals surface area contributed by atoms with Crippen molar-refractivity contribution in [3.8, 4) is 5.75 Å². The molecule has 1 fully saturated rings. The molecule has 1 aromatic carbocycles. The van der Waals surface area contributed by atoms with Crippen molar-refractivity contribution in [1.29, 1.82) is 0 Å². The molecule has 1 aliphatic rings. The molecule has 8 heteroatoms. The van der Waals surface area contributed by atoms with Gasteiger partial charge in [0.05, 0.1) is 0 Å². The van der Waals surface area contributed by atoms with Crippen LogP contribution < -0.4 is 9.64 Å². The number of likely N-dealkylation sites (tertiary alicyclic amines) is 1. The third-order valence-electron chi connectivity index (χ3n) is 5.94. The summed E-state index contributed by atoms with van der Waals surface area (Å²) in [7, 11) is 0. The highest BCUT2D eigenvalue weighted by atomic mass is 19.1. The van der Waals surface area contributed by atoms with Crippen LogP contribution in [0.3, 0.4) is 0 Å².